The quantitative estimate of drug-likeness (QED) is 0.262. The van der Waals surface area contributed by atoms with Crippen molar-refractivity contribution in [2.45, 2.75) is 37.3 Å². The van der Waals surface area contributed by atoms with E-state index in [0.29, 0.717) is 6.29 Å². The van der Waals surface area contributed by atoms with Crippen molar-refractivity contribution in [3.05, 3.63) is 23.8 Å². The third-order valence-electron chi connectivity index (χ3n) is 2.56. The van der Waals surface area contributed by atoms with E-state index in [2.05, 4.69) is 15.9 Å². The van der Waals surface area contributed by atoms with Crippen LogP contribution in [-0.4, -0.2) is 30.4 Å². The lowest BCUT2D eigenvalue weighted by Crippen LogP contribution is -2.29. The van der Waals surface area contributed by atoms with Gasteiger partial charge in [-0.1, -0.05) is 29.8 Å². The lowest BCUT2D eigenvalue weighted by molar-refractivity contribution is -0.137. The number of esters is 2. The number of halogens is 1. The third-order valence-corrected chi connectivity index (χ3v) is 2.88. The summed E-state index contributed by atoms with van der Waals surface area (Å²) in [5.41, 5.74) is 0.245. The van der Waals surface area contributed by atoms with Gasteiger partial charge < -0.3 is 9.47 Å². The summed E-state index contributed by atoms with van der Waals surface area (Å²) in [6, 6.07) is 4.21. The molecule has 5 nitrogen and oxygen atoms in total. The second kappa shape index (κ2) is 6.65. The first-order valence-corrected chi connectivity index (χ1v) is 7.46. The second-order valence-corrected chi connectivity index (χ2v) is 8.34. The first-order chi connectivity index (χ1) is 9.93. The molecule has 0 aromatic heterocycles. The fourth-order valence-corrected chi connectivity index (χ4v) is 1.35. The molecule has 0 N–H and O–H groups in total. The molecule has 0 heterocycles. The molecule has 118 valence electrons. The number of rotatable bonds is 5. The molecular weight excluding hydrogens is 351 g/mol. The monoisotopic (exact) mass is 368 g/mol. The summed E-state index contributed by atoms with van der Waals surface area (Å²) in [6.45, 7) is 6.71. The van der Waals surface area contributed by atoms with E-state index in [9.17, 15) is 14.4 Å². The zero-order valence-corrected chi connectivity index (χ0v) is 14.8. The molecule has 0 aliphatic heterocycles. The van der Waals surface area contributed by atoms with Crippen LogP contribution in [0.5, 0.6) is 11.5 Å². The van der Waals surface area contributed by atoms with Gasteiger partial charge in [0.1, 0.15) is 30.0 Å². The molecule has 0 aliphatic carbocycles. The van der Waals surface area contributed by atoms with E-state index >= 15 is 0 Å². The van der Waals surface area contributed by atoms with Gasteiger partial charge in [-0.25, -0.2) is 0 Å². The molecule has 1 aromatic carbocycles. The molecule has 0 saturated heterocycles. The van der Waals surface area contributed by atoms with E-state index in [-0.39, 0.29) is 17.1 Å². The topological polar surface area (TPSA) is 69.7 Å². The maximum Gasteiger partial charge on any atom is 0.327 e. The van der Waals surface area contributed by atoms with Crippen LogP contribution in [0.25, 0.3) is 0 Å². The van der Waals surface area contributed by atoms with Crippen LogP contribution in [-0.2, 0) is 9.59 Å². The Morgan fingerprint density at radius 1 is 1.05 bits per heavy atom. The molecule has 0 radical (unpaired) electrons. The van der Waals surface area contributed by atoms with Crippen LogP contribution in [0.15, 0.2) is 18.2 Å². The Kier molecular flexibility index (Phi) is 5.57. The van der Waals surface area contributed by atoms with Crippen LogP contribution in [0.1, 0.15) is 38.1 Å². The maximum atomic E-state index is 11.9. The number of ether oxygens (including phenoxy) is 2. The fraction of sp³-hybridized carbons (Fsp3) is 0.400. The van der Waals surface area contributed by atoms with Crippen LogP contribution < -0.4 is 9.47 Å². The molecule has 0 atom stereocenters. The summed E-state index contributed by atoms with van der Waals surface area (Å²) in [6.07, 6.45) is 0.588. The first-order valence-electron chi connectivity index (χ1n) is 6.67. The Labute approximate surface area is 138 Å². The number of carbonyl (C=O) groups is 3. The third kappa shape index (κ3) is 5.29. The standard InChI is InChI=1S/C15H18BBrO5/c1-14(2,16)12(19)21-10-5-9(8-18)6-11(7-10)22-13(20)15(3,4)17/h5-8H,16H2,1-4H3. The molecule has 0 fully saturated rings. The van der Waals surface area contributed by atoms with Gasteiger partial charge >= 0.3 is 11.9 Å². The summed E-state index contributed by atoms with van der Waals surface area (Å²) in [5.74, 6) is -0.684. The number of hydrogen-bond acceptors (Lipinski definition) is 5. The average Bonchev–Trinajstić information content (AvgIpc) is 2.36. The van der Waals surface area contributed by atoms with Crippen molar-refractivity contribution < 1.29 is 23.9 Å². The highest BCUT2D eigenvalue weighted by Gasteiger charge is 2.27. The number of hydrogen-bond donors (Lipinski definition) is 0. The summed E-state index contributed by atoms with van der Waals surface area (Å²) in [4.78, 5) is 34.7. The van der Waals surface area contributed by atoms with Crippen molar-refractivity contribution in [1.29, 1.82) is 0 Å². The van der Waals surface area contributed by atoms with Crippen molar-refractivity contribution in [1.82, 2.24) is 0 Å². The lowest BCUT2D eigenvalue weighted by atomic mass is 9.73. The molecule has 0 amide bonds. The van der Waals surface area contributed by atoms with E-state index in [0.717, 1.165) is 0 Å². The molecule has 0 saturated carbocycles. The van der Waals surface area contributed by atoms with E-state index in [4.69, 9.17) is 9.47 Å². The molecule has 0 aliphatic rings. The first kappa shape index (κ1) is 18.4. The number of benzene rings is 1. The van der Waals surface area contributed by atoms with Crippen LogP contribution >= 0.6 is 15.9 Å². The van der Waals surface area contributed by atoms with Crippen LogP contribution in [0.2, 0.25) is 5.31 Å². The summed E-state index contributed by atoms with van der Waals surface area (Å²) < 4.78 is 9.55. The van der Waals surface area contributed by atoms with Gasteiger partial charge in [-0.2, -0.15) is 0 Å². The average molecular weight is 369 g/mol. The minimum Gasteiger partial charge on any atom is -0.427 e. The zero-order valence-electron chi connectivity index (χ0n) is 13.2. The van der Waals surface area contributed by atoms with Crippen molar-refractivity contribution >= 4 is 42.0 Å². The van der Waals surface area contributed by atoms with E-state index in [1.165, 1.54) is 18.2 Å². The molecule has 7 heteroatoms. The van der Waals surface area contributed by atoms with Crippen molar-refractivity contribution in [3.63, 3.8) is 0 Å². The number of aldehydes is 1. The molecule has 0 spiro atoms. The number of alkyl halides is 1. The van der Waals surface area contributed by atoms with Crippen LogP contribution in [0, 0.1) is 0 Å². The van der Waals surface area contributed by atoms with Gasteiger partial charge in [0, 0.05) is 16.9 Å². The Morgan fingerprint density at radius 2 is 1.50 bits per heavy atom. The van der Waals surface area contributed by atoms with Gasteiger partial charge in [-0.3, -0.25) is 14.4 Å². The highest BCUT2D eigenvalue weighted by Crippen LogP contribution is 2.28. The molecule has 1 rings (SSSR count). The Morgan fingerprint density at radius 3 is 1.86 bits per heavy atom. The van der Waals surface area contributed by atoms with Crippen LogP contribution in [0.3, 0.4) is 0 Å². The van der Waals surface area contributed by atoms with Crippen LogP contribution in [0.4, 0.5) is 0 Å². The second-order valence-electron chi connectivity index (χ2n) is 6.36. The highest BCUT2D eigenvalue weighted by molar-refractivity contribution is 9.10. The van der Waals surface area contributed by atoms with Gasteiger partial charge in [0.05, 0.1) is 0 Å². The predicted molar refractivity (Wildman–Crippen MR) is 88.7 cm³/mol. The Balaban J connectivity index is 3.06. The number of carbonyl (C=O) groups excluding carboxylic acids is 3. The SMILES string of the molecule is BC(C)(C)C(=O)Oc1cc(C=O)cc(OC(=O)C(C)(C)Br)c1. The predicted octanol–water partition coefficient (Wildman–Crippen LogP) is 2.32. The van der Waals surface area contributed by atoms with Crippen molar-refractivity contribution in [2.24, 2.45) is 0 Å². The summed E-state index contributed by atoms with van der Waals surface area (Å²) in [7, 11) is 1.72. The summed E-state index contributed by atoms with van der Waals surface area (Å²) in [5, 5.41) is -0.689. The molecule has 0 unspecified atom stereocenters. The van der Waals surface area contributed by atoms with Gasteiger partial charge in [0.25, 0.3) is 0 Å². The normalized spacial score (nSPS) is 11.7. The van der Waals surface area contributed by atoms with Gasteiger partial charge in [-0.15, -0.1) is 0 Å². The smallest absolute Gasteiger partial charge is 0.327 e. The molecule has 22 heavy (non-hydrogen) atoms. The highest BCUT2D eigenvalue weighted by atomic mass is 79.9. The molecule has 0 bridgehead atoms. The minimum atomic E-state index is -0.869. The van der Waals surface area contributed by atoms with E-state index < -0.39 is 21.6 Å². The Hall–Kier alpha value is -1.63. The summed E-state index contributed by atoms with van der Waals surface area (Å²) >= 11 is 3.19. The van der Waals surface area contributed by atoms with Gasteiger partial charge in [-0.05, 0) is 26.0 Å². The van der Waals surface area contributed by atoms with Crippen molar-refractivity contribution in [3.8, 4) is 11.5 Å². The maximum absolute atomic E-state index is 11.9. The molecular formula is C15H18BBrO5. The lowest BCUT2D eigenvalue weighted by Gasteiger charge is -2.18. The van der Waals surface area contributed by atoms with E-state index in [1.807, 2.05) is 0 Å². The molecule has 1 aromatic rings. The van der Waals surface area contributed by atoms with Gasteiger partial charge in [0.15, 0.2) is 0 Å². The Bertz CT molecular complexity index is 553. The largest absolute Gasteiger partial charge is 0.427 e. The minimum absolute atomic E-state index is 0.138. The zero-order chi connectivity index (χ0) is 17.1. The van der Waals surface area contributed by atoms with Gasteiger partial charge in [0.2, 0.25) is 0 Å². The van der Waals surface area contributed by atoms with Crippen molar-refractivity contribution in [2.75, 3.05) is 0 Å². The fourth-order valence-electron chi connectivity index (χ4n) is 1.27. The van der Waals surface area contributed by atoms with E-state index in [1.54, 1.807) is 35.5 Å².